The summed E-state index contributed by atoms with van der Waals surface area (Å²) in [5.74, 6) is -0.751. The van der Waals surface area contributed by atoms with Gasteiger partial charge in [0, 0.05) is 12.8 Å². The van der Waals surface area contributed by atoms with Gasteiger partial charge >= 0.3 is 0 Å². The van der Waals surface area contributed by atoms with Gasteiger partial charge in [0.1, 0.15) is 0 Å². The number of rotatable bonds is 15. The lowest BCUT2D eigenvalue weighted by Gasteiger charge is -2.36. The van der Waals surface area contributed by atoms with Crippen LogP contribution in [0.25, 0.3) is 0 Å². The van der Waals surface area contributed by atoms with Gasteiger partial charge in [0.2, 0.25) is 0 Å². The molecular weight excluding hydrogens is 272 g/mol. The van der Waals surface area contributed by atoms with Gasteiger partial charge in [0.05, 0.1) is 6.61 Å². The second kappa shape index (κ2) is 13.1. The van der Waals surface area contributed by atoms with Gasteiger partial charge in [-0.1, -0.05) is 70.4 Å². The molecule has 2 heteroatoms. The molecule has 0 radical (unpaired) electrons. The Morgan fingerprint density at radius 3 is 1.82 bits per heavy atom. The van der Waals surface area contributed by atoms with Crippen molar-refractivity contribution in [1.29, 1.82) is 0 Å². The van der Waals surface area contributed by atoms with Crippen LogP contribution >= 0.6 is 0 Å². The van der Waals surface area contributed by atoms with E-state index in [0.717, 1.165) is 25.9 Å². The molecule has 1 saturated heterocycles. The Kier molecular flexibility index (Phi) is 11.8. The second-order valence-corrected chi connectivity index (χ2v) is 6.88. The van der Waals surface area contributed by atoms with Crippen molar-refractivity contribution in [2.45, 2.75) is 109 Å². The molecule has 1 atom stereocenters. The first-order valence-corrected chi connectivity index (χ1v) is 9.78. The minimum atomic E-state index is -0.751. The van der Waals surface area contributed by atoms with E-state index >= 15 is 0 Å². The van der Waals surface area contributed by atoms with Gasteiger partial charge in [-0.05, 0) is 32.1 Å². The highest BCUT2D eigenvalue weighted by Crippen LogP contribution is 2.28. The van der Waals surface area contributed by atoms with Gasteiger partial charge < -0.3 is 9.84 Å². The molecule has 0 spiro atoms. The normalized spacial score (nSPS) is 21.4. The van der Waals surface area contributed by atoms with Gasteiger partial charge in [-0.25, -0.2) is 0 Å². The molecule has 0 aromatic heterocycles. The maximum Gasteiger partial charge on any atom is 0.167 e. The van der Waals surface area contributed by atoms with Crippen molar-refractivity contribution in [2.24, 2.45) is 0 Å². The summed E-state index contributed by atoms with van der Waals surface area (Å²) < 4.78 is 5.18. The Balaban J connectivity index is 1.72. The SMILES string of the molecule is CCCCCCCC/C=C\CCCCCCCC1(O)CCO1. The number of aliphatic hydroxyl groups is 1. The van der Waals surface area contributed by atoms with E-state index in [1.54, 1.807) is 0 Å². The van der Waals surface area contributed by atoms with Crippen LogP contribution in [0.3, 0.4) is 0 Å². The Labute approximate surface area is 138 Å². The molecule has 1 N–H and O–H groups in total. The topological polar surface area (TPSA) is 29.5 Å². The zero-order valence-corrected chi connectivity index (χ0v) is 14.8. The minimum absolute atomic E-state index is 0.738. The largest absolute Gasteiger partial charge is 0.365 e. The summed E-state index contributed by atoms with van der Waals surface area (Å²) in [4.78, 5) is 0. The average molecular weight is 311 g/mol. The van der Waals surface area contributed by atoms with E-state index in [1.807, 2.05) is 0 Å². The molecule has 1 aliphatic heterocycles. The zero-order valence-electron chi connectivity index (χ0n) is 14.8. The lowest BCUT2D eigenvalue weighted by Crippen LogP contribution is -2.43. The maximum atomic E-state index is 9.78. The summed E-state index contributed by atoms with van der Waals surface area (Å²) in [6.07, 6.45) is 23.5. The van der Waals surface area contributed by atoms with E-state index in [9.17, 15) is 5.11 Å². The van der Waals surface area contributed by atoms with Crippen LogP contribution in [-0.2, 0) is 4.74 Å². The van der Waals surface area contributed by atoms with E-state index in [2.05, 4.69) is 19.1 Å². The minimum Gasteiger partial charge on any atom is -0.365 e. The van der Waals surface area contributed by atoms with Crippen molar-refractivity contribution in [1.82, 2.24) is 0 Å². The molecule has 22 heavy (non-hydrogen) atoms. The summed E-state index contributed by atoms with van der Waals surface area (Å²) in [6.45, 7) is 3.01. The number of hydrogen-bond donors (Lipinski definition) is 1. The lowest BCUT2D eigenvalue weighted by molar-refractivity contribution is -0.285. The van der Waals surface area contributed by atoms with E-state index in [4.69, 9.17) is 4.74 Å². The van der Waals surface area contributed by atoms with Crippen LogP contribution in [0.4, 0.5) is 0 Å². The van der Waals surface area contributed by atoms with Gasteiger partial charge in [0.25, 0.3) is 0 Å². The Hall–Kier alpha value is -0.340. The predicted molar refractivity (Wildman–Crippen MR) is 95.0 cm³/mol. The molecule has 1 rings (SSSR count). The molecule has 2 nitrogen and oxygen atoms in total. The van der Waals surface area contributed by atoms with E-state index in [0.29, 0.717) is 0 Å². The van der Waals surface area contributed by atoms with Crippen LogP contribution in [-0.4, -0.2) is 17.5 Å². The van der Waals surface area contributed by atoms with Crippen LogP contribution in [0.15, 0.2) is 12.2 Å². The summed E-state index contributed by atoms with van der Waals surface area (Å²) in [5.41, 5.74) is 0. The zero-order chi connectivity index (χ0) is 15.9. The maximum absolute atomic E-state index is 9.78. The number of hydrogen-bond acceptors (Lipinski definition) is 2. The van der Waals surface area contributed by atoms with Gasteiger partial charge in [-0.2, -0.15) is 0 Å². The van der Waals surface area contributed by atoms with E-state index < -0.39 is 5.79 Å². The van der Waals surface area contributed by atoms with Crippen molar-refractivity contribution in [3.8, 4) is 0 Å². The fourth-order valence-corrected chi connectivity index (χ4v) is 3.01. The third-order valence-electron chi connectivity index (χ3n) is 4.69. The molecule has 0 saturated carbocycles. The van der Waals surface area contributed by atoms with E-state index in [-0.39, 0.29) is 0 Å². The van der Waals surface area contributed by atoms with Crippen LogP contribution in [0, 0.1) is 0 Å². The third-order valence-corrected chi connectivity index (χ3v) is 4.69. The summed E-state index contributed by atoms with van der Waals surface area (Å²) in [6, 6.07) is 0. The summed E-state index contributed by atoms with van der Waals surface area (Å²) in [7, 11) is 0. The predicted octanol–water partition coefficient (Wildman–Crippen LogP) is 6.13. The molecule has 1 heterocycles. The standard InChI is InChI=1S/C20H38O2/c1-2-3-4-5-6-7-8-9-10-11-12-13-14-15-16-17-20(21)18-19-22-20/h9-10,21H,2-8,11-19H2,1H3/b10-9-. The van der Waals surface area contributed by atoms with E-state index in [1.165, 1.54) is 77.0 Å². The molecule has 130 valence electrons. The molecule has 1 aliphatic rings. The van der Waals surface area contributed by atoms with Crippen molar-refractivity contribution in [3.05, 3.63) is 12.2 Å². The second-order valence-electron chi connectivity index (χ2n) is 6.88. The monoisotopic (exact) mass is 310 g/mol. The Morgan fingerprint density at radius 2 is 1.32 bits per heavy atom. The van der Waals surface area contributed by atoms with Gasteiger partial charge in [-0.3, -0.25) is 0 Å². The highest BCUT2D eigenvalue weighted by Gasteiger charge is 2.34. The summed E-state index contributed by atoms with van der Waals surface area (Å²) >= 11 is 0. The molecule has 0 aliphatic carbocycles. The van der Waals surface area contributed by atoms with Crippen molar-refractivity contribution < 1.29 is 9.84 Å². The average Bonchev–Trinajstić information content (AvgIpc) is 2.49. The molecular formula is C20H38O2. The van der Waals surface area contributed by atoms with Crippen molar-refractivity contribution in [2.75, 3.05) is 6.61 Å². The Bertz CT molecular complexity index is 269. The number of unbranched alkanes of at least 4 members (excludes halogenated alkanes) is 11. The fraction of sp³-hybridized carbons (Fsp3) is 0.900. The number of ether oxygens (including phenoxy) is 1. The van der Waals surface area contributed by atoms with Crippen molar-refractivity contribution in [3.63, 3.8) is 0 Å². The molecule has 1 fully saturated rings. The van der Waals surface area contributed by atoms with Crippen molar-refractivity contribution >= 4 is 0 Å². The lowest BCUT2D eigenvalue weighted by atomic mass is 10.00. The molecule has 0 bridgehead atoms. The molecule has 0 aromatic rings. The fourth-order valence-electron chi connectivity index (χ4n) is 3.01. The van der Waals surface area contributed by atoms with Crippen LogP contribution < -0.4 is 0 Å². The highest BCUT2D eigenvalue weighted by atomic mass is 16.6. The smallest absolute Gasteiger partial charge is 0.167 e. The first-order chi connectivity index (χ1) is 10.8. The molecule has 0 amide bonds. The quantitative estimate of drug-likeness (QED) is 0.291. The van der Waals surface area contributed by atoms with Crippen LogP contribution in [0.1, 0.15) is 103 Å². The molecule has 1 unspecified atom stereocenters. The first-order valence-electron chi connectivity index (χ1n) is 9.78. The number of allylic oxidation sites excluding steroid dienone is 2. The van der Waals surface area contributed by atoms with Crippen LogP contribution in [0.2, 0.25) is 0 Å². The first kappa shape index (κ1) is 19.7. The highest BCUT2D eigenvalue weighted by molar-refractivity contribution is 4.81. The van der Waals surface area contributed by atoms with Gasteiger partial charge in [0.15, 0.2) is 5.79 Å². The Morgan fingerprint density at radius 1 is 0.818 bits per heavy atom. The third kappa shape index (κ3) is 10.4. The van der Waals surface area contributed by atoms with Gasteiger partial charge in [-0.15, -0.1) is 0 Å². The molecule has 0 aromatic carbocycles. The summed E-state index contributed by atoms with van der Waals surface area (Å²) in [5, 5.41) is 9.78. The van der Waals surface area contributed by atoms with Crippen LogP contribution in [0.5, 0.6) is 0 Å².